The van der Waals surface area contributed by atoms with E-state index in [4.69, 9.17) is 4.74 Å². The number of methoxy groups -OCH3 is 1. The number of anilines is 2. The highest BCUT2D eigenvalue weighted by Crippen LogP contribution is 2.24. The Bertz CT molecular complexity index is 1100. The van der Waals surface area contributed by atoms with Crippen LogP contribution in [-0.4, -0.2) is 28.7 Å². The number of carbonyl (C=O) groups excluding carboxylic acids is 2. The Hall–Kier alpha value is -4.13. The zero-order chi connectivity index (χ0) is 21.7. The van der Waals surface area contributed by atoms with E-state index < -0.39 is 0 Å². The highest BCUT2D eigenvalue weighted by atomic mass is 16.5. The number of hydrogen-bond donors (Lipinski definition) is 2. The molecule has 7 heteroatoms. The van der Waals surface area contributed by atoms with Gasteiger partial charge in [-0.3, -0.25) is 14.3 Å². The lowest BCUT2D eigenvalue weighted by molar-refractivity contribution is -0.112. The summed E-state index contributed by atoms with van der Waals surface area (Å²) in [5.74, 6) is 0.695. The number of aryl methyl sites for hydroxylation is 1. The second-order valence-electron chi connectivity index (χ2n) is 6.48. The third kappa shape index (κ3) is 4.64. The fourth-order valence-electron chi connectivity index (χ4n) is 2.68. The molecule has 0 saturated carbocycles. The number of benzene rings is 2. The van der Waals surface area contributed by atoms with Gasteiger partial charge in [0.15, 0.2) is 0 Å². The maximum absolute atomic E-state index is 12.5. The van der Waals surface area contributed by atoms with Gasteiger partial charge in [-0.2, -0.15) is 5.10 Å². The van der Waals surface area contributed by atoms with Crippen LogP contribution in [-0.2, 0) is 11.8 Å². The molecule has 7 nitrogen and oxygen atoms in total. The van der Waals surface area contributed by atoms with Gasteiger partial charge in [0.2, 0.25) is 0 Å². The molecule has 0 spiro atoms. The summed E-state index contributed by atoms with van der Waals surface area (Å²) in [5.41, 5.74) is 2.98. The van der Waals surface area contributed by atoms with Gasteiger partial charge < -0.3 is 15.4 Å². The van der Waals surface area contributed by atoms with E-state index in [1.54, 1.807) is 61.3 Å². The Balaban J connectivity index is 1.72. The van der Waals surface area contributed by atoms with Crippen LogP contribution in [0.5, 0.6) is 5.75 Å². The van der Waals surface area contributed by atoms with Gasteiger partial charge in [-0.25, -0.2) is 0 Å². The smallest absolute Gasteiger partial charge is 0.256 e. The molecule has 0 bridgehead atoms. The molecule has 3 rings (SSSR count). The molecule has 2 N–H and O–H groups in total. The monoisotopic (exact) mass is 402 g/mol. The minimum Gasteiger partial charge on any atom is -0.497 e. The maximum atomic E-state index is 12.5. The molecule has 0 atom stereocenters. The Morgan fingerprint density at radius 3 is 2.33 bits per heavy atom. The third-order valence-corrected chi connectivity index (χ3v) is 4.45. The van der Waals surface area contributed by atoms with Gasteiger partial charge in [-0.1, -0.05) is 31.4 Å². The van der Waals surface area contributed by atoms with Crippen LogP contribution in [0, 0.1) is 0 Å². The summed E-state index contributed by atoms with van der Waals surface area (Å²) in [6.07, 6.45) is 1.40. The zero-order valence-corrected chi connectivity index (χ0v) is 16.8. The molecule has 0 aliphatic carbocycles. The molecular formula is C23H22N4O3. The SMILES string of the molecule is C=CC(=C)C(=O)Nc1ccc(-c2cc(NC(=O)c3ccc(OC)cc3)n(C)n2)cc1. The first kappa shape index (κ1) is 20.6. The molecule has 0 aliphatic heterocycles. The topological polar surface area (TPSA) is 85.3 Å². The van der Waals surface area contributed by atoms with Gasteiger partial charge in [-0.05, 0) is 36.4 Å². The first-order valence-corrected chi connectivity index (χ1v) is 9.14. The zero-order valence-electron chi connectivity index (χ0n) is 16.8. The van der Waals surface area contributed by atoms with Gasteiger partial charge in [0.25, 0.3) is 11.8 Å². The minimum absolute atomic E-state index is 0.243. The van der Waals surface area contributed by atoms with E-state index in [2.05, 4.69) is 28.9 Å². The molecule has 2 aromatic carbocycles. The standard InChI is InChI=1S/C23H22N4O3/c1-5-15(2)22(28)24-18-10-6-16(7-11-18)20-14-21(27(3)26-20)25-23(29)17-8-12-19(30-4)13-9-17/h5-14H,1-2H2,3-4H3,(H,24,28)(H,25,29). The van der Waals surface area contributed by atoms with Crippen LogP contribution in [0.4, 0.5) is 11.5 Å². The quantitative estimate of drug-likeness (QED) is 0.462. The average Bonchev–Trinajstić information content (AvgIpc) is 3.13. The van der Waals surface area contributed by atoms with E-state index in [1.807, 2.05) is 12.1 Å². The molecular weight excluding hydrogens is 380 g/mol. The molecule has 1 aromatic heterocycles. The van der Waals surface area contributed by atoms with Crippen molar-refractivity contribution in [2.45, 2.75) is 0 Å². The van der Waals surface area contributed by atoms with Crippen molar-refractivity contribution < 1.29 is 14.3 Å². The number of rotatable bonds is 7. The molecule has 3 aromatic rings. The molecule has 2 amide bonds. The van der Waals surface area contributed by atoms with Gasteiger partial charge in [0.1, 0.15) is 11.6 Å². The average molecular weight is 402 g/mol. The molecule has 1 heterocycles. The number of carbonyl (C=O) groups is 2. The summed E-state index contributed by atoms with van der Waals surface area (Å²) in [4.78, 5) is 24.3. The molecule has 0 aliphatic rings. The Morgan fingerprint density at radius 2 is 1.73 bits per heavy atom. The first-order chi connectivity index (χ1) is 14.4. The van der Waals surface area contributed by atoms with Crippen molar-refractivity contribution in [3.63, 3.8) is 0 Å². The van der Waals surface area contributed by atoms with Crippen LogP contribution in [0.3, 0.4) is 0 Å². The second-order valence-corrected chi connectivity index (χ2v) is 6.48. The summed E-state index contributed by atoms with van der Waals surface area (Å²) in [6, 6.07) is 15.9. The van der Waals surface area contributed by atoms with Crippen LogP contribution in [0.25, 0.3) is 11.3 Å². The van der Waals surface area contributed by atoms with Gasteiger partial charge >= 0.3 is 0 Å². The number of amides is 2. The van der Waals surface area contributed by atoms with Gasteiger partial charge in [0.05, 0.1) is 12.8 Å². The molecule has 0 unspecified atom stereocenters. The van der Waals surface area contributed by atoms with Crippen LogP contribution in [0.1, 0.15) is 10.4 Å². The van der Waals surface area contributed by atoms with E-state index in [0.717, 1.165) is 5.56 Å². The van der Waals surface area contributed by atoms with Crippen molar-refractivity contribution in [3.8, 4) is 17.0 Å². The van der Waals surface area contributed by atoms with Crippen molar-refractivity contribution in [2.24, 2.45) is 7.05 Å². The van der Waals surface area contributed by atoms with Crippen molar-refractivity contribution in [1.82, 2.24) is 9.78 Å². The predicted molar refractivity (Wildman–Crippen MR) is 118 cm³/mol. The number of nitrogens with one attached hydrogen (secondary N) is 2. The fraction of sp³-hybridized carbons (Fsp3) is 0.0870. The highest BCUT2D eigenvalue weighted by molar-refractivity contribution is 6.05. The third-order valence-electron chi connectivity index (χ3n) is 4.45. The lowest BCUT2D eigenvalue weighted by Crippen LogP contribution is -2.14. The lowest BCUT2D eigenvalue weighted by Gasteiger charge is -2.05. The van der Waals surface area contributed by atoms with Crippen LogP contribution < -0.4 is 15.4 Å². The number of ether oxygens (including phenoxy) is 1. The van der Waals surface area contributed by atoms with Crippen LogP contribution in [0.15, 0.2) is 79.4 Å². The largest absolute Gasteiger partial charge is 0.497 e. The molecule has 0 saturated heterocycles. The summed E-state index contributed by atoms with van der Waals surface area (Å²) < 4.78 is 6.71. The summed E-state index contributed by atoms with van der Waals surface area (Å²) in [5, 5.41) is 10.0. The van der Waals surface area contributed by atoms with Crippen molar-refractivity contribution in [2.75, 3.05) is 17.7 Å². The summed E-state index contributed by atoms with van der Waals surface area (Å²) in [7, 11) is 3.33. The minimum atomic E-state index is -0.306. The number of nitrogens with zero attached hydrogens (tertiary/aromatic N) is 2. The van der Waals surface area contributed by atoms with Gasteiger partial charge in [-0.15, -0.1) is 0 Å². The van der Waals surface area contributed by atoms with Gasteiger partial charge in [0, 0.05) is 35.5 Å². The van der Waals surface area contributed by atoms with E-state index in [1.165, 1.54) is 6.08 Å². The normalized spacial score (nSPS) is 10.2. The summed E-state index contributed by atoms with van der Waals surface area (Å²) in [6.45, 7) is 7.15. The number of hydrogen-bond acceptors (Lipinski definition) is 4. The Morgan fingerprint density at radius 1 is 1.07 bits per heavy atom. The van der Waals surface area contributed by atoms with E-state index in [0.29, 0.717) is 34.1 Å². The van der Waals surface area contributed by atoms with Crippen molar-refractivity contribution in [3.05, 3.63) is 85.0 Å². The molecule has 0 radical (unpaired) electrons. The van der Waals surface area contributed by atoms with Crippen LogP contribution >= 0.6 is 0 Å². The van der Waals surface area contributed by atoms with Crippen molar-refractivity contribution >= 4 is 23.3 Å². The number of aromatic nitrogens is 2. The predicted octanol–water partition coefficient (Wildman–Crippen LogP) is 4.03. The molecule has 0 fully saturated rings. The first-order valence-electron chi connectivity index (χ1n) is 9.14. The summed E-state index contributed by atoms with van der Waals surface area (Å²) >= 11 is 0. The highest BCUT2D eigenvalue weighted by Gasteiger charge is 2.12. The molecule has 152 valence electrons. The van der Waals surface area contributed by atoms with Crippen molar-refractivity contribution in [1.29, 1.82) is 0 Å². The Labute approximate surface area is 174 Å². The Kier molecular flexibility index (Phi) is 6.12. The van der Waals surface area contributed by atoms with E-state index in [9.17, 15) is 9.59 Å². The van der Waals surface area contributed by atoms with E-state index >= 15 is 0 Å². The van der Waals surface area contributed by atoms with E-state index in [-0.39, 0.29) is 11.8 Å². The second kappa shape index (κ2) is 8.91. The maximum Gasteiger partial charge on any atom is 0.256 e. The lowest BCUT2D eigenvalue weighted by atomic mass is 10.1. The fourth-order valence-corrected chi connectivity index (χ4v) is 2.68. The van der Waals surface area contributed by atoms with Crippen LogP contribution in [0.2, 0.25) is 0 Å². The molecule has 30 heavy (non-hydrogen) atoms.